The van der Waals surface area contributed by atoms with Crippen LogP contribution < -0.4 is 0 Å². The van der Waals surface area contributed by atoms with Crippen LogP contribution in [0.15, 0.2) is 28.8 Å². The smallest absolute Gasteiger partial charge is 0.306 e. The summed E-state index contributed by atoms with van der Waals surface area (Å²) in [6, 6.07) is 5.87. The summed E-state index contributed by atoms with van der Waals surface area (Å²) in [5.41, 5.74) is 0.671. The van der Waals surface area contributed by atoms with Gasteiger partial charge >= 0.3 is 5.97 Å². The second kappa shape index (κ2) is 8.75. The van der Waals surface area contributed by atoms with Crippen LogP contribution in [0.2, 0.25) is 0 Å². The molecule has 1 fully saturated rings. The fourth-order valence-corrected chi connectivity index (χ4v) is 3.12. The van der Waals surface area contributed by atoms with E-state index in [0.29, 0.717) is 37.0 Å². The van der Waals surface area contributed by atoms with Crippen LogP contribution in [0.4, 0.5) is 4.39 Å². The molecule has 0 aliphatic carbocycles. The van der Waals surface area contributed by atoms with Crippen molar-refractivity contribution in [3.63, 3.8) is 0 Å². The standard InChI is InChI=1S/C19H22FN3O4/c1-2-26-17(25)10-9-16(24)23-11-3-4-14(12-23)19-21-18(22-27-19)13-5-7-15(20)8-6-13/h5-8,14H,2-4,9-12H2,1H3. The molecule has 0 radical (unpaired) electrons. The molecule has 1 atom stereocenters. The quantitative estimate of drug-likeness (QED) is 0.722. The number of likely N-dealkylation sites (tertiary alicyclic amines) is 1. The fourth-order valence-electron chi connectivity index (χ4n) is 3.12. The molecular formula is C19H22FN3O4. The average Bonchev–Trinajstić information content (AvgIpc) is 3.17. The first-order valence-corrected chi connectivity index (χ1v) is 9.09. The van der Waals surface area contributed by atoms with Crippen LogP contribution >= 0.6 is 0 Å². The zero-order chi connectivity index (χ0) is 19.2. The number of rotatable bonds is 6. The van der Waals surface area contributed by atoms with Gasteiger partial charge in [0.15, 0.2) is 0 Å². The number of hydrogen-bond donors (Lipinski definition) is 0. The van der Waals surface area contributed by atoms with Crippen molar-refractivity contribution in [3.8, 4) is 11.4 Å². The van der Waals surface area contributed by atoms with E-state index in [1.807, 2.05) is 0 Å². The van der Waals surface area contributed by atoms with Crippen LogP contribution in [0, 0.1) is 5.82 Å². The predicted octanol–water partition coefficient (Wildman–Crippen LogP) is 2.93. The van der Waals surface area contributed by atoms with Crippen LogP contribution in [0.3, 0.4) is 0 Å². The number of benzene rings is 1. The van der Waals surface area contributed by atoms with Gasteiger partial charge in [-0.1, -0.05) is 5.16 Å². The molecule has 2 aromatic rings. The maximum atomic E-state index is 13.0. The lowest BCUT2D eigenvalue weighted by Crippen LogP contribution is -2.39. The summed E-state index contributed by atoms with van der Waals surface area (Å²) in [4.78, 5) is 29.9. The number of carbonyl (C=O) groups excluding carboxylic acids is 2. The second-order valence-corrected chi connectivity index (χ2v) is 6.45. The number of amides is 1. The van der Waals surface area contributed by atoms with Crippen molar-refractivity contribution in [2.75, 3.05) is 19.7 Å². The Bertz CT molecular complexity index is 791. The first-order chi connectivity index (χ1) is 13.1. The molecule has 0 N–H and O–H groups in total. The van der Waals surface area contributed by atoms with Gasteiger partial charge in [-0.3, -0.25) is 9.59 Å². The van der Waals surface area contributed by atoms with Gasteiger partial charge in [-0.25, -0.2) is 4.39 Å². The topological polar surface area (TPSA) is 85.5 Å². The molecule has 1 aromatic heterocycles. The van der Waals surface area contributed by atoms with Crippen LogP contribution in [0.1, 0.15) is 44.4 Å². The molecule has 2 heterocycles. The van der Waals surface area contributed by atoms with Crippen LogP contribution in [0.5, 0.6) is 0 Å². The summed E-state index contributed by atoms with van der Waals surface area (Å²) in [6.07, 6.45) is 1.89. The molecule has 1 saturated heterocycles. The highest BCUT2D eigenvalue weighted by molar-refractivity contribution is 5.81. The Labute approximate surface area is 156 Å². The minimum atomic E-state index is -0.361. The van der Waals surface area contributed by atoms with Crippen molar-refractivity contribution >= 4 is 11.9 Å². The van der Waals surface area contributed by atoms with Crippen molar-refractivity contribution in [1.29, 1.82) is 0 Å². The molecule has 1 aliphatic heterocycles. The lowest BCUT2D eigenvalue weighted by atomic mass is 9.97. The summed E-state index contributed by atoms with van der Waals surface area (Å²) >= 11 is 0. The van der Waals surface area contributed by atoms with E-state index in [1.54, 1.807) is 24.0 Å². The Kier molecular flexibility index (Phi) is 6.16. The Morgan fingerprint density at radius 3 is 2.81 bits per heavy atom. The zero-order valence-corrected chi connectivity index (χ0v) is 15.2. The highest BCUT2D eigenvalue weighted by atomic mass is 19.1. The van der Waals surface area contributed by atoms with Crippen molar-refractivity contribution in [2.45, 2.75) is 38.5 Å². The fraction of sp³-hybridized carbons (Fsp3) is 0.474. The summed E-state index contributed by atoms with van der Waals surface area (Å²) in [5.74, 6) is 0.0537. The number of ether oxygens (including phenoxy) is 1. The van der Waals surface area contributed by atoms with Gasteiger partial charge in [-0.05, 0) is 44.0 Å². The Hall–Kier alpha value is -2.77. The molecule has 8 heteroatoms. The molecule has 3 rings (SSSR count). The van der Waals surface area contributed by atoms with E-state index in [4.69, 9.17) is 9.26 Å². The van der Waals surface area contributed by atoms with Gasteiger partial charge in [0, 0.05) is 25.1 Å². The van der Waals surface area contributed by atoms with Crippen LogP contribution in [-0.4, -0.2) is 46.6 Å². The Morgan fingerprint density at radius 2 is 2.07 bits per heavy atom. The second-order valence-electron chi connectivity index (χ2n) is 6.45. The number of aromatic nitrogens is 2. The average molecular weight is 375 g/mol. The minimum absolute atomic E-state index is 0.0491. The molecule has 1 aromatic carbocycles. The predicted molar refractivity (Wildman–Crippen MR) is 94.1 cm³/mol. The molecule has 7 nitrogen and oxygen atoms in total. The van der Waals surface area contributed by atoms with E-state index in [9.17, 15) is 14.0 Å². The normalized spacial score (nSPS) is 17.0. The number of piperidine rings is 1. The lowest BCUT2D eigenvalue weighted by Gasteiger charge is -2.31. The molecule has 0 bridgehead atoms. The Morgan fingerprint density at radius 1 is 1.30 bits per heavy atom. The van der Waals surface area contributed by atoms with E-state index < -0.39 is 0 Å². The highest BCUT2D eigenvalue weighted by Gasteiger charge is 2.28. The van der Waals surface area contributed by atoms with Crippen LogP contribution in [0.25, 0.3) is 11.4 Å². The van der Waals surface area contributed by atoms with E-state index in [0.717, 1.165) is 12.8 Å². The number of carbonyl (C=O) groups is 2. The van der Waals surface area contributed by atoms with E-state index >= 15 is 0 Å². The van der Waals surface area contributed by atoms with E-state index in [2.05, 4.69) is 10.1 Å². The number of hydrogen-bond acceptors (Lipinski definition) is 6. The van der Waals surface area contributed by atoms with Gasteiger partial charge in [-0.2, -0.15) is 4.98 Å². The van der Waals surface area contributed by atoms with Gasteiger partial charge in [0.25, 0.3) is 0 Å². The highest BCUT2D eigenvalue weighted by Crippen LogP contribution is 2.28. The van der Waals surface area contributed by atoms with Crippen molar-refractivity contribution < 1.29 is 23.2 Å². The summed E-state index contributed by atoms with van der Waals surface area (Å²) in [6.45, 7) is 3.18. The van der Waals surface area contributed by atoms with Gasteiger partial charge in [0.2, 0.25) is 17.6 Å². The molecule has 1 unspecified atom stereocenters. The molecule has 1 aliphatic rings. The summed E-state index contributed by atoms with van der Waals surface area (Å²) < 4.78 is 23.3. The molecule has 0 saturated carbocycles. The number of esters is 1. The largest absolute Gasteiger partial charge is 0.466 e. The van der Waals surface area contributed by atoms with E-state index in [1.165, 1.54) is 12.1 Å². The van der Waals surface area contributed by atoms with Crippen LogP contribution in [-0.2, 0) is 14.3 Å². The van der Waals surface area contributed by atoms with Crippen molar-refractivity contribution in [2.24, 2.45) is 0 Å². The maximum Gasteiger partial charge on any atom is 0.306 e. The third-order valence-electron chi connectivity index (χ3n) is 4.52. The van der Waals surface area contributed by atoms with Gasteiger partial charge in [-0.15, -0.1) is 0 Å². The lowest BCUT2D eigenvalue weighted by molar-refractivity contribution is -0.146. The molecule has 144 valence electrons. The SMILES string of the molecule is CCOC(=O)CCC(=O)N1CCCC(c2nc(-c3ccc(F)cc3)no2)C1. The third kappa shape index (κ3) is 4.90. The number of nitrogens with zero attached hydrogens (tertiary/aromatic N) is 3. The van der Waals surface area contributed by atoms with E-state index in [-0.39, 0.29) is 36.5 Å². The first kappa shape index (κ1) is 19.0. The summed E-state index contributed by atoms with van der Waals surface area (Å²) in [5, 5.41) is 3.97. The van der Waals surface area contributed by atoms with Gasteiger partial charge < -0.3 is 14.2 Å². The molecular weight excluding hydrogens is 353 g/mol. The molecule has 1 amide bonds. The monoisotopic (exact) mass is 375 g/mol. The van der Waals surface area contributed by atoms with Gasteiger partial charge in [0.05, 0.1) is 18.9 Å². The third-order valence-corrected chi connectivity index (χ3v) is 4.52. The number of halogens is 1. The minimum Gasteiger partial charge on any atom is -0.466 e. The van der Waals surface area contributed by atoms with Gasteiger partial charge in [0.1, 0.15) is 5.82 Å². The van der Waals surface area contributed by atoms with Crippen molar-refractivity contribution in [3.05, 3.63) is 36.0 Å². The molecule has 27 heavy (non-hydrogen) atoms. The molecule has 0 spiro atoms. The first-order valence-electron chi connectivity index (χ1n) is 9.09. The zero-order valence-electron chi connectivity index (χ0n) is 15.2. The maximum absolute atomic E-state index is 13.0. The van der Waals surface area contributed by atoms with Crippen molar-refractivity contribution in [1.82, 2.24) is 15.0 Å². The Balaban J connectivity index is 1.60. The summed E-state index contributed by atoms with van der Waals surface area (Å²) in [7, 11) is 0.